The number of aromatic nitrogens is 3. The first-order valence-corrected chi connectivity index (χ1v) is 13.2. The molecule has 5 rings (SSSR count). The van der Waals surface area contributed by atoms with Gasteiger partial charge in [-0.2, -0.15) is 13.2 Å². The fourth-order valence-electron chi connectivity index (χ4n) is 5.23. The van der Waals surface area contributed by atoms with Crippen LogP contribution in [0.5, 0.6) is 0 Å². The fourth-order valence-corrected chi connectivity index (χ4v) is 5.23. The number of primary amides is 1. The van der Waals surface area contributed by atoms with E-state index in [1.807, 2.05) is 0 Å². The molecule has 1 amide bonds. The van der Waals surface area contributed by atoms with Crippen LogP contribution in [-0.2, 0) is 23.9 Å². The molecule has 5 aromatic rings. The van der Waals surface area contributed by atoms with Crippen molar-refractivity contribution < 1.29 is 31.5 Å². The van der Waals surface area contributed by atoms with Crippen LogP contribution in [0.25, 0.3) is 22.2 Å². The highest BCUT2D eigenvalue weighted by Crippen LogP contribution is 2.35. The maximum absolute atomic E-state index is 14.1. The molecular weight excluding hydrogens is 567 g/mol. The Morgan fingerprint density at radius 3 is 2.40 bits per heavy atom. The smallest absolute Gasteiger partial charge is 0.366 e. The van der Waals surface area contributed by atoms with Gasteiger partial charge < -0.3 is 10.3 Å². The normalized spacial score (nSPS) is 12.4. The summed E-state index contributed by atoms with van der Waals surface area (Å²) in [6.07, 6.45) is -3.68. The molecule has 0 saturated carbocycles. The number of amides is 1. The lowest BCUT2D eigenvalue weighted by Crippen LogP contribution is -2.21. The van der Waals surface area contributed by atoms with Gasteiger partial charge in [-0.1, -0.05) is 24.3 Å². The lowest BCUT2D eigenvalue weighted by Gasteiger charge is -2.20. The predicted molar refractivity (Wildman–Crippen MR) is 150 cm³/mol. The Hall–Kier alpha value is -4.93. The van der Waals surface area contributed by atoms with E-state index in [1.165, 1.54) is 24.4 Å². The van der Waals surface area contributed by atoms with Crippen molar-refractivity contribution in [1.29, 1.82) is 0 Å². The number of alkyl halides is 3. The molecule has 0 unspecified atom stereocenters. The molecule has 220 valence electrons. The first kappa shape index (κ1) is 29.6. The molecule has 0 saturated heterocycles. The topological polar surface area (TPSA) is 90.9 Å². The molecule has 0 aliphatic carbocycles. The summed E-state index contributed by atoms with van der Waals surface area (Å²) in [6, 6.07) is 17.4. The van der Waals surface area contributed by atoms with Crippen LogP contribution < -0.4 is 5.73 Å². The van der Waals surface area contributed by atoms with Gasteiger partial charge in [0.1, 0.15) is 11.6 Å². The first-order valence-electron chi connectivity index (χ1n) is 13.2. The van der Waals surface area contributed by atoms with Crippen LogP contribution in [0.1, 0.15) is 45.3 Å². The van der Waals surface area contributed by atoms with Crippen LogP contribution in [-0.4, -0.2) is 26.2 Å². The average Bonchev–Trinajstić information content (AvgIpc) is 3.30. The monoisotopic (exact) mass is 592 g/mol. The van der Waals surface area contributed by atoms with Crippen LogP contribution in [0.15, 0.2) is 79.0 Å². The van der Waals surface area contributed by atoms with Gasteiger partial charge >= 0.3 is 6.18 Å². The van der Waals surface area contributed by atoms with Crippen LogP contribution in [0.4, 0.5) is 22.0 Å². The number of hydrogen-bond acceptors (Lipinski definition) is 4. The van der Waals surface area contributed by atoms with Gasteiger partial charge in [0.25, 0.3) is 0 Å². The Balaban J connectivity index is 1.56. The molecule has 6 nitrogen and oxygen atoms in total. The number of Topliss-reactive ketones (excluding diaryl/α,β-unsaturated/α-hetero) is 1. The number of halogens is 5. The zero-order valence-corrected chi connectivity index (χ0v) is 22.8. The molecule has 2 aromatic heterocycles. The summed E-state index contributed by atoms with van der Waals surface area (Å²) in [6.45, 7) is 1.08. The van der Waals surface area contributed by atoms with Gasteiger partial charge in [-0.3, -0.25) is 14.6 Å². The van der Waals surface area contributed by atoms with Gasteiger partial charge in [0.05, 0.1) is 23.3 Å². The minimum Gasteiger partial charge on any atom is -0.366 e. The third-order valence-electron chi connectivity index (χ3n) is 7.05. The molecule has 2 heterocycles. The number of pyridine rings is 1. The Bertz CT molecular complexity index is 1830. The third kappa shape index (κ3) is 6.61. The molecule has 0 aliphatic rings. The lowest BCUT2D eigenvalue weighted by atomic mass is 9.86. The summed E-state index contributed by atoms with van der Waals surface area (Å²) < 4.78 is 70.9. The van der Waals surface area contributed by atoms with Gasteiger partial charge in [-0.15, -0.1) is 0 Å². The number of rotatable bonds is 9. The van der Waals surface area contributed by atoms with Crippen molar-refractivity contribution in [3.8, 4) is 11.1 Å². The number of aryl methyl sites for hydroxylation is 1. The molecule has 0 bridgehead atoms. The minimum atomic E-state index is -4.81. The quantitative estimate of drug-likeness (QED) is 0.191. The standard InChI is InChI=1S/C32H25F5N4O2/c1-18-7-8-27-28(10-18)41(31(40-27)32(35,36)37)17-25(42)15-22(11-19-12-23(33)16-24(34)13-19)29-26(6-3-9-39-29)20-4-2-5-21(14-20)30(38)43/h2-10,12-14,16,22H,11,15,17H2,1H3,(H2,38,43)/t22-/m1/s1. The predicted octanol–water partition coefficient (Wildman–Crippen LogP) is 6.79. The molecule has 43 heavy (non-hydrogen) atoms. The van der Waals surface area contributed by atoms with Crippen LogP contribution in [0.3, 0.4) is 0 Å². The Morgan fingerprint density at radius 1 is 0.953 bits per heavy atom. The molecule has 1 atom stereocenters. The van der Waals surface area contributed by atoms with E-state index in [0.29, 0.717) is 22.4 Å². The van der Waals surface area contributed by atoms with Crippen molar-refractivity contribution in [2.45, 2.75) is 38.4 Å². The van der Waals surface area contributed by atoms with E-state index in [2.05, 4.69) is 9.97 Å². The van der Waals surface area contributed by atoms with E-state index in [0.717, 1.165) is 22.8 Å². The molecule has 0 radical (unpaired) electrons. The van der Waals surface area contributed by atoms with Crippen LogP contribution in [0, 0.1) is 18.6 Å². The molecule has 3 aromatic carbocycles. The van der Waals surface area contributed by atoms with Crippen molar-refractivity contribution in [2.75, 3.05) is 0 Å². The van der Waals surface area contributed by atoms with Gasteiger partial charge in [0, 0.05) is 35.7 Å². The van der Waals surface area contributed by atoms with Gasteiger partial charge in [-0.05, 0) is 72.5 Å². The van der Waals surface area contributed by atoms with E-state index >= 15 is 0 Å². The van der Waals surface area contributed by atoms with Crippen LogP contribution >= 0.6 is 0 Å². The van der Waals surface area contributed by atoms with E-state index in [1.54, 1.807) is 43.3 Å². The Kier molecular flexibility index (Phi) is 8.08. The molecule has 0 fully saturated rings. The SMILES string of the molecule is Cc1ccc2nc(C(F)(F)F)n(CC(=O)C[C@@H](Cc3cc(F)cc(F)c3)c3ncccc3-c3cccc(C(N)=O)c3)c2c1. The number of nitrogens with two attached hydrogens (primary N) is 1. The van der Waals surface area contributed by atoms with Crippen LogP contribution in [0.2, 0.25) is 0 Å². The number of nitrogens with zero attached hydrogens (tertiary/aromatic N) is 3. The van der Waals surface area contributed by atoms with E-state index in [9.17, 15) is 31.5 Å². The number of hydrogen-bond donors (Lipinski definition) is 1. The fraction of sp³-hybridized carbons (Fsp3) is 0.188. The van der Waals surface area contributed by atoms with Crippen molar-refractivity contribution in [3.05, 3.63) is 119 Å². The number of imidazole rings is 1. The number of benzene rings is 3. The number of carbonyl (C=O) groups is 2. The highest BCUT2D eigenvalue weighted by Gasteiger charge is 2.38. The molecule has 2 N–H and O–H groups in total. The average molecular weight is 593 g/mol. The number of fused-ring (bicyclic) bond motifs is 1. The Labute approximate surface area is 243 Å². The van der Waals surface area contributed by atoms with Gasteiger partial charge in [0.2, 0.25) is 11.7 Å². The summed E-state index contributed by atoms with van der Waals surface area (Å²) in [7, 11) is 0. The van der Waals surface area contributed by atoms with Crippen molar-refractivity contribution in [3.63, 3.8) is 0 Å². The largest absolute Gasteiger partial charge is 0.449 e. The summed E-state index contributed by atoms with van der Waals surface area (Å²) in [5, 5.41) is 0. The van der Waals surface area contributed by atoms with E-state index in [-0.39, 0.29) is 35.0 Å². The molecule has 11 heteroatoms. The zero-order valence-electron chi connectivity index (χ0n) is 22.8. The summed E-state index contributed by atoms with van der Waals surface area (Å²) in [4.78, 5) is 33.6. The maximum atomic E-state index is 14.1. The Morgan fingerprint density at radius 2 is 1.70 bits per heavy atom. The third-order valence-corrected chi connectivity index (χ3v) is 7.05. The van der Waals surface area contributed by atoms with Gasteiger partial charge in [0.15, 0.2) is 5.78 Å². The summed E-state index contributed by atoms with van der Waals surface area (Å²) >= 11 is 0. The van der Waals surface area contributed by atoms with Crippen molar-refractivity contribution >= 4 is 22.7 Å². The number of carbonyl (C=O) groups excluding carboxylic acids is 2. The van der Waals surface area contributed by atoms with Gasteiger partial charge in [-0.25, -0.2) is 13.8 Å². The highest BCUT2D eigenvalue weighted by atomic mass is 19.4. The molecular formula is C32H25F5N4O2. The van der Waals surface area contributed by atoms with Crippen molar-refractivity contribution in [2.24, 2.45) is 5.73 Å². The molecule has 0 spiro atoms. The highest BCUT2D eigenvalue weighted by molar-refractivity contribution is 5.94. The van der Waals surface area contributed by atoms with E-state index in [4.69, 9.17) is 5.73 Å². The maximum Gasteiger partial charge on any atom is 0.449 e. The summed E-state index contributed by atoms with van der Waals surface area (Å²) in [5.41, 5.74) is 8.31. The van der Waals surface area contributed by atoms with E-state index < -0.39 is 47.8 Å². The lowest BCUT2D eigenvalue weighted by molar-refractivity contribution is -0.147. The minimum absolute atomic E-state index is 0.0458. The second kappa shape index (κ2) is 11.7. The van der Waals surface area contributed by atoms with Crippen molar-refractivity contribution in [1.82, 2.24) is 14.5 Å². The number of ketones is 1. The zero-order chi connectivity index (χ0) is 30.9. The molecule has 0 aliphatic heterocycles. The first-order chi connectivity index (χ1) is 20.4. The second-order valence-corrected chi connectivity index (χ2v) is 10.3. The summed E-state index contributed by atoms with van der Waals surface area (Å²) in [5.74, 6) is -4.86. The second-order valence-electron chi connectivity index (χ2n) is 10.3.